The van der Waals surface area contributed by atoms with Gasteiger partial charge < -0.3 is 19.8 Å². The molecule has 0 aliphatic heterocycles. The van der Waals surface area contributed by atoms with E-state index in [0.29, 0.717) is 18.8 Å². The number of anilines is 1. The zero-order chi connectivity index (χ0) is 11.1. The predicted molar refractivity (Wildman–Crippen MR) is 57.2 cm³/mol. The first-order valence-electron chi connectivity index (χ1n) is 4.78. The monoisotopic (exact) mass is 212 g/mol. The highest BCUT2D eigenvalue weighted by molar-refractivity contribution is 5.40. The molecule has 5 nitrogen and oxygen atoms in total. The number of hydrogen-bond donors (Lipinski definition) is 2. The summed E-state index contributed by atoms with van der Waals surface area (Å²) in [5.41, 5.74) is 0. The van der Waals surface area contributed by atoms with Crippen LogP contribution in [0.3, 0.4) is 0 Å². The Labute approximate surface area is 88.9 Å². The SMILES string of the molecule is COc1ccc(N(CCO)CCO)nc1. The second-order valence-corrected chi connectivity index (χ2v) is 2.99. The van der Waals surface area contributed by atoms with E-state index < -0.39 is 0 Å². The maximum Gasteiger partial charge on any atom is 0.137 e. The summed E-state index contributed by atoms with van der Waals surface area (Å²) >= 11 is 0. The molecule has 15 heavy (non-hydrogen) atoms. The Morgan fingerprint density at radius 2 is 1.93 bits per heavy atom. The first kappa shape index (κ1) is 11.7. The fourth-order valence-corrected chi connectivity index (χ4v) is 1.26. The molecule has 0 atom stereocenters. The molecule has 84 valence electrons. The highest BCUT2D eigenvalue weighted by Gasteiger charge is 2.06. The van der Waals surface area contributed by atoms with E-state index in [2.05, 4.69) is 4.98 Å². The molecule has 1 heterocycles. The van der Waals surface area contributed by atoms with Crippen molar-refractivity contribution in [2.75, 3.05) is 38.3 Å². The lowest BCUT2D eigenvalue weighted by molar-refractivity contribution is 0.280. The molecule has 5 heteroatoms. The lowest BCUT2D eigenvalue weighted by atomic mass is 10.4. The molecule has 0 aromatic carbocycles. The van der Waals surface area contributed by atoms with Gasteiger partial charge in [-0.25, -0.2) is 4.98 Å². The number of aliphatic hydroxyl groups is 2. The summed E-state index contributed by atoms with van der Waals surface area (Å²) in [6, 6.07) is 3.59. The van der Waals surface area contributed by atoms with Crippen LogP contribution in [0, 0.1) is 0 Å². The van der Waals surface area contributed by atoms with Crippen molar-refractivity contribution in [3.05, 3.63) is 18.3 Å². The zero-order valence-corrected chi connectivity index (χ0v) is 8.76. The van der Waals surface area contributed by atoms with Crippen molar-refractivity contribution in [1.29, 1.82) is 0 Å². The topological polar surface area (TPSA) is 65.8 Å². The molecule has 0 amide bonds. The average Bonchev–Trinajstić information content (AvgIpc) is 2.29. The summed E-state index contributed by atoms with van der Waals surface area (Å²) in [6.07, 6.45) is 1.61. The van der Waals surface area contributed by atoms with Crippen LogP contribution in [0.5, 0.6) is 5.75 Å². The molecule has 0 radical (unpaired) electrons. The first-order chi connectivity index (χ1) is 7.31. The summed E-state index contributed by atoms with van der Waals surface area (Å²) in [4.78, 5) is 5.97. The molecule has 0 unspecified atom stereocenters. The molecular formula is C10H16N2O3. The van der Waals surface area contributed by atoms with Gasteiger partial charge >= 0.3 is 0 Å². The van der Waals surface area contributed by atoms with Crippen LogP contribution >= 0.6 is 0 Å². The van der Waals surface area contributed by atoms with Gasteiger partial charge in [0.25, 0.3) is 0 Å². The third kappa shape index (κ3) is 3.38. The van der Waals surface area contributed by atoms with Crippen molar-refractivity contribution in [3.63, 3.8) is 0 Å². The minimum absolute atomic E-state index is 0.0354. The van der Waals surface area contributed by atoms with Crippen LogP contribution in [0.15, 0.2) is 18.3 Å². The Morgan fingerprint density at radius 1 is 1.27 bits per heavy atom. The summed E-state index contributed by atoms with van der Waals surface area (Å²) in [7, 11) is 1.58. The van der Waals surface area contributed by atoms with Crippen molar-refractivity contribution in [3.8, 4) is 5.75 Å². The van der Waals surface area contributed by atoms with E-state index in [9.17, 15) is 0 Å². The molecule has 1 aromatic rings. The fraction of sp³-hybridized carbons (Fsp3) is 0.500. The molecular weight excluding hydrogens is 196 g/mol. The minimum Gasteiger partial charge on any atom is -0.495 e. The third-order valence-electron chi connectivity index (χ3n) is 2.02. The molecule has 0 saturated heterocycles. The summed E-state index contributed by atoms with van der Waals surface area (Å²) in [5, 5.41) is 17.7. The molecule has 0 aliphatic rings. The van der Waals surface area contributed by atoms with Gasteiger partial charge in [0, 0.05) is 13.1 Å². The number of rotatable bonds is 6. The smallest absolute Gasteiger partial charge is 0.137 e. The van der Waals surface area contributed by atoms with E-state index in [-0.39, 0.29) is 13.2 Å². The number of pyridine rings is 1. The molecule has 1 aromatic heterocycles. The molecule has 0 fully saturated rings. The van der Waals surface area contributed by atoms with Gasteiger partial charge in [0.15, 0.2) is 0 Å². The van der Waals surface area contributed by atoms with Crippen molar-refractivity contribution in [2.45, 2.75) is 0 Å². The van der Waals surface area contributed by atoms with Gasteiger partial charge in [0.2, 0.25) is 0 Å². The number of nitrogens with zero attached hydrogens (tertiary/aromatic N) is 2. The van der Waals surface area contributed by atoms with Crippen LogP contribution in [0.25, 0.3) is 0 Å². The molecule has 2 N–H and O–H groups in total. The van der Waals surface area contributed by atoms with Gasteiger partial charge in [-0.1, -0.05) is 0 Å². The van der Waals surface area contributed by atoms with Crippen LogP contribution in [-0.4, -0.2) is 48.6 Å². The zero-order valence-electron chi connectivity index (χ0n) is 8.76. The van der Waals surface area contributed by atoms with Crippen LogP contribution in [0.4, 0.5) is 5.82 Å². The highest BCUT2D eigenvalue weighted by atomic mass is 16.5. The van der Waals surface area contributed by atoms with Gasteiger partial charge in [-0.3, -0.25) is 0 Å². The lowest BCUT2D eigenvalue weighted by Crippen LogP contribution is -2.30. The van der Waals surface area contributed by atoms with Crippen molar-refractivity contribution in [1.82, 2.24) is 4.98 Å². The number of methoxy groups -OCH3 is 1. The van der Waals surface area contributed by atoms with Crippen LogP contribution in [0.2, 0.25) is 0 Å². The van der Waals surface area contributed by atoms with Crippen molar-refractivity contribution in [2.24, 2.45) is 0 Å². The number of aliphatic hydroxyl groups excluding tert-OH is 2. The van der Waals surface area contributed by atoms with E-state index in [1.54, 1.807) is 30.3 Å². The molecule has 0 aliphatic carbocycles. The molecule has 0 bridgehead atoms. The summed E-state index contributed by atoms with van der Waals surface area (Å²) in [6.45, 7) is 0.987. The summed E-state index contributed by atoms with van der Waals surface area (Å²) < 4.78 is 4.99. The second-order valence-electron chi connectivity index (χ2n) is 2.99. The quantitative estimate of drug-likeness (QED) is 0.688. The van der Waals surface area contributed by atoms with Gasteiger partial charge in [-0.2, -0.15) is 0 Å². The van der Waals surface area contributed by atoms with E-state index >= 15 is 0 Å². The van der Waals surface area contributed by atoms with Crippen molar-refractivity contribution < 1.29 is 14.9 Å². The minimum atomic E-state index is 0.0354. The Kier molecular flexibility index (Phi) is 4.86. The number of hydrogen-bond acceptors (Lipinski definition) is 5. The normalized spacial score (nSPS) is 10.1. The molecule has 0 saturated carbocycles. The van der Waals surface area contributed by atoms with Gasteiger partial charge in [0.1, 0.15) is 11.6 Å². The van der Waals surface area contributed by atoms with Gasteiger partial charge in [-0.05, 0) is 12.1 Å². The Bertz CT molecular complexity index is 271. The van der Waals surface area contributed by atoms with E-state index in [0.717, 1.165) is 5.82 Å². The average molecular weight is 212 g/mol. The Hall–Kier alpha value is -1.33. The fourth-order valence-electron chi connectivity index (χ4n) is 1.26. The van der Waals surface area contributed by atoms with Gasteiger partial charge in [0.05, 0.1) is 26.5 Å². The summed E-state index contributed by atoms with van der Waals surface area (Å²) in [5.74, 6) is 1.41. The van der Waals surface area contributed by atoms with E-state index in [1.807, 2.05) is 0 Å². The van der Waals surface area contributed by atoms with Crippen LogP contribution in [-0.2, 0) is 0 Å². The maximum atomic E-state index is 8.85. The molecule has 1 rings (SSSR count). The van der Waals surface area contributed by atoms with Gasteiger partial charge in [-0.15, -0.1) is 0 Å². The third-order valence-corrected chi connectivity index (χ3v) is 2.02. The largest absolute Gasteiger partial charge is 0.495 e. The Balaban J connectivity index is 2.72. The highest BCUT2D eigenvalue weighted by Crippen LogP contribution is 2.14. The van der Waals surface area contributed by atoms with Crippen LogP contribution < -0.4 is 9.64 Å². The van der Waals surface area contributed by atoms with Crippen LogP contribution in [0.1, 0.15) is 0 Å². The standard InChI is InChI=1S/C10H16N2O3/c1-15-9-2-3-10(11-8-9)12(4-6-13)5-7-14/h2-3,8,13-14H,4-7H2,1H3. The second kappa shape index (κ2) is 6.21. The van der Waals surface area contributed by atoms with Crippen molar-refractivity contribution >= 4 is 5.82 Å². The molecule has 0 spiro atoms. The van der Waals surface area contributed by atoms with E-state index in [4.69, 9.17) is 14.9 Å². The number of aromatic nitrogens is 1. The van der Waals surface area contributed by atoms with E-state index in [1.165, 1.54) is 0 Å². The maximum absolute atomic E-state index is 8.85. The first-order valence-corrected chi connectivity index (χ1v) is 4.78. The number of ether oxygens (including phenoxy) is 1. The predicted octanol–water partition coefficient (Wildman–Crippen LogP) is -0.119. The lowest BCUT2D eigenvalue weighted by Gasteiger charge is -2.21. The Morgan fingerprint density at radius 3 is 2.33 bits per heavy atom.